The van der Waals surface area contributed by atoms with E-state index in [0.717, 1.165) is 69.8 Å². The molecule has 3 aromatic rings. The summed E-state index contributed by atoms with van der Waals surface area (Å²) in [6.45, 7) is 16.8. The number of aliphatic imine (C=N–C) groups is 1. The molecule has 10 nitrogen and oxygen atoms in total. The van der Waals surface area contributed by atoms with Crippen LogP contribution in [0.15, 0.2) is 46.2 Å². The molecule has 50 heavy (non-hydrogen) atoms. The zero-order valence-electron chi connectivity index (χ0n) is 30.7. The molecular weight excluding hydrogens is 631 g/mol. The van der Waals surface area contributed by atoms with Gasteiger partial charge in [0, 0.05) is 70.2 Å². The van der Waals surface area contributed by atoms with E-state index in [-0.39, 0.29) is 17.4 Å². The zero-order chi connectivity index (χ0) is 35.2. The van der Waals surface area contributed by atoms with E-state index in [9.17, 15) is 9.18 Å². The second-order valence-electron chi connectivity index (χ2n) is 15.9. The van der Waals surface area contributed by atoms with Gasteiger partial charge >= 0.3 is 0 Å². The molecule has 3 saturated carbocycles. The van der Waals surface area contributed by atoms with Crippen LogP contribution in [0.5, 0.6) is 5.75 Å². The van der Waals surface area contributed by atoms with Crippen molar-refractivity contribution >= 4 is 22.5 Å². The van der Waals surface area contributed by atoms with E-state index < -0.39 is 0 Å². The third-order valence-electron chi connectivity index (χ3n) is 12.4. The molecule has 2 aliphatic heterocycles. The van der Waals surface area contributed by atoms with Gasteiger partial charge in [0.2, 0.25) is 0 Å². The van der Waals surface area contributed by atoms with E-state index in [0.29, 0.717) is 70.8 Å². The second kappa shape index (κ2) is 14.2. The van der Waals surface area contributed by atoms with Gasteiger partial charge in [-0.3, -0.25) is 14.3 Å². The van der Waals surface area contributed by atoms with Gasteiger partial charge in [-0.15, -0.1) is 0 Å². The molecule has 11 heteroatoms. The fraction of sp³-hybridized carbons (Fsp3) is 0.615. The molecule has 1 unspecified atom stereocenters. The highest BCUT2D eigenvalue weighted by Crippen LogP contribution is 2.61. The van der Waals surface area contributed by atoms with Crippen LogP contribution in [-0.4, -0.2) is 102 Å². The average molecular weight is 687 g/mol. The lowest BCUT2D eigenvalue weighted by atomic mass is 9.45. The lowest BCUT2D eigenvalue weighted by molar-refractivity contribution is -0.108. The van der Waals surface area contributed by atoms with E-state index in [4.69, 9.17) is 14.7 Å². The van der Waals surface area contributed by atoms with Crippen LogP contribution in [0.25, 0.3) is 10.9 Å². The third kappa shape index (κ3) is 7.01. The van der Waals surface area contributed by atoms with Crippen molar-refractivity contribution in [1.29, 1.82) is 0 Å². The first-order valence-electron chi connectivity index (χ1n) is 18.6. The molecule has 0 radical (unpaired) electrons. The second-order valence-corrected chi connectivity index (χ2v) is 15.9. The maximum absolute atomic E-state index is 14.9. The number of methoxy groups -OCH3 is 1. The Bertz CT molecular complexity index is 1780. The summed E-state index contributed by atoms with van der Waals surface area (Å²) < 4.78 is 21.9. The molecule has 0 spiro atoms. The fourth-order valence-corrected chi connectivity index (χ4v) is 8.89. The van der Waals surface area contributed by atoms with Crippen LogP contribution in [0.4, 0.5) is 10.1 Å². The number of aromatic nitrogens is 2. The lowest BCUT2D eigenvalue weighted by Crippen LogP contribution is -2.57. The van der Waals surface area contributed by atoms with Crippen LogP contribution in [0, 0.1) is 29.0 Å². The number of halogens is 1. The summed E-state index contributed by atoms with van der Waals surface area (Å²) in [6.07, 6.45) is 2.83. The first-order valence-corrected chi connectivity index (χ1v) is 18.6. The minimum Gasteiger partial charge on any atom is -0.497 e. The number of hydrogen-bond acceptors (Lipinski definition) is 7. The Hall–Kier alpha value is -3.54. The number of ether oxygens (including phenoxy) is 1. The molecule has 2 N–H and O–H groups in total. The maximum atomic E-state index is 14.9. The van der Waals surface area contributed by atoms with Crippen molar-refractivity contribution in [2.24, 2.45) is 28.2 Å². The molecular formula is C39H55FN8O2. The van der Waals surface area contributed by atoms with E-state index in [1.54, 1.807) is 16.7 Å². The molecule has 2 saturated heterocycles. The van der Waals surface area contributed by atoms with Gasteiger partial charge in [0.15, 0.2) is 5.96 Å². The fourth-order valence-electron chi connectivity index (χ4n) is 8.89. The van der Waals surface area contributed by atoms with Gasteiger partial charge < -0.3 is 25.2 Å². The quantitative estimate of drug-likeness (QED) is 0.261. The standard InChI is InChI=1S/C39H55FN8O2/c1-25-23-47(14-12-41-25)38(44-34-20-28-19-32(26(34)2)39(28,3)4)42-29-8-10-31-35(21-29)43-36(24-46-17-15-45(5)16-18-46)48(37(31)49)13-11-27-7-9-30(50-6)22-33(27)40/h7-10,21-22,25-26,28,32,34,41H,11-20,23-24H2,1-6H3,(H,42,44)/t25-,26-,28+,32-,34?/m0/s1. The van der Waals surface area contributed by atoms with Crippen molar-refractivity contribution in [3.8, 4) is 5.75 Å². The summed E-state index contributed by atoms with van der Waals surface area (Å²) >= 11 is 0. The number of hydrogen-bond donors (Lipinski definition) is 2. The van der Waals surface area contributed by atoms with Crippen molar-refractivity contribution in [3.05, 3.63) is 64.0 Å². The van der Waals surface area contributed by atoms with E-state index in [1.165, 1.54) is 19.6 Å². The maximum Gasteiger partial charge on any atom is 0.261 e. The van der Waals surface area contributed by atoms with Crippen molar-refractivity contribution < 1.29 is 9.13 Å². The minimum absolute atomic E-state index is 0.0951. The molecule has 270 valence electrons. The SMILES string of the molecule is COc1ccc(CCn2c(CN3CCN(C)CC3)nc3cc(NC(=NC4C[C@H]5C[C@@H]([C@@H]4C)C5(C)C)N4CCN[C@@H](C)C4)ccc3c2=O)c(F)c1. The topological polar surface area (TPSA) is 90.3 Å². The Morgan fingerprint density at radius 2 is 1.90 bits per heavy atom. The molecule has 3 heterocycles. The predicted octanol–water partition coefficient (Wildman–Crippen LogP) is 4.67. The van der Waals surface area contributed by atoms with Gasteiger partial charge in [0.05, 0.1) is 30.6 Å². The number of aryl methyl sites for hydroxylation is 1. The summed E-state index contributed by atoms with van der Waals surface area (Å²) in [7, 11) is 3.66. The molecule has 2 aromatic carbocycles. The molecule has 2 bridgehead atoms. The Labute approximate surface area is 296 Å². The Morgan fingerprint density at radius 3 is 2.60 bits per heavy atom. The van der Waals surface area contributed by atoms with Gasteiger partial charge in [-0.2, -0.15) is 0 Å². The van der Waals surface area contributed by atoms with Gasteiger partial charge in [0.25, 0.3) is 5.56 Å². The Balaban J connectivity index is 1.20. The Kier molecular flexibility index (Phi) is 9.93. The monoisotopic (exact) mass is 686 g/mol. The first-order chi connectivity index (χ1) is 24.0. The smallest absolute Gasteiger partial charge is 0.261 e. The van der Waals surface area contributed by atoms with Crippen LogP contribution < -0.4 is 20.9 Å². The van der Waals surface area contributed by atoms with Gasteiger partial charge in [-0.25, -0.2) is 14.4 Å². The highest BCUT2D eigenvalue weighted by Gasteiger charge is 2.56. The number of piperazine rings is 2. The highest BCUT2D eigenvalue weighted by molar-refractivity contribution is 5.96. The van der Waals surface area contributed by atoms with Gasteiger partial charge in [-0.1, -0.05) is 26.8 Å². The summed E-state index contributed by atoms with van der Waals surface area (Å²) in [6, 6.07) is 11.4. The van der Waals surface area contributed by atoms with Crippen molar-refractivity contribution in [2.75, 3.05) is 65.3 Å². The van der Waals surface area contributed by atoms with E-state index in [1.807, 2.05) is 18.2 Å². The zero-order valence-corrected chi connectivity index (χ0v) is 30.7. The highest BCUT2D eigenvalue weighted by atomic mass is 19.1. The number of guanidine groups is 1. The molecule has 5 atom stereocenters. The molecule has 1 aromatic heterocycles. The van der Waals surface area contributed by atoms with Crippen molar-refractivity contribution in [3.63, 3.8) is 0 Å². The summed E-state index contributed by atoms with van der Waals surface area (Å²) in [5.74, 6) is 3.75. The lowest BCUT2D eigenvalue weighted by Gasteiger charge is -2.61. The normalized spacial score (nSPS) is 27.3. The number of rotatable bonds is 8. The van der Waals surface area contributed by atoms with Crippen LogP contribution in [-0.2, 0) is 19.5 Å². The van der Waals surface area contributed by atoms with E-state index >= 15 is 0 Å². The predicted molar refractivity (Wildman–Crippen MR) is 198 cm³/mol. The van der Waals surface area contributed by atoms with Crippen molar-refractivity contribution in [2.45, 2.75) is 72.1 Å². The molecule has 3 aliphatic carbocycles. The first kappa shape index (κ1) is 34.9. The average Bonchev–Trinajstić information content (AvgIpc) is 3.09. The van der Waals surface area contributed by atoms with Crippen LogP contribution in [0.3, 0.4) is 0 Å². The number of anilines is 1. The number of nitrogens with zero attached hydrogens (tertiary/aromatic N) is 6. The summed E-state index contributed by atoms with van der Waals surface area (Å²) in [4.78, 5) is 31.9. The number of nitrogens with one attached hydrogen (secondary N) is 2. The number of likely N-dealkylation sites (N-methyl/N-ethyl adjacent to an activating group) is 1. The summed E-state index contributed by atoms with van der Waals surface area (Å²) in [5.41, 5.74) is 2.40. The minimum atomic E-state index is -0.331. The molecule has 5 fully saturated rings. The molecule has 8 rings (SSSR count). The van der Waals surface area contributed by atoms with Crippen LogP contribution in [0.1, 0.15) is 51.9 Å². The van der Waals surface area contributed by atoms with Gasteiger partial charge in [0.1, 0.15) is 17.4 Å². The molecule has 0 amide bonds. The van der Waals surface area contributed by atoms with Crippen molar-refractivity contribution in [1.82, 2.24) is 29.6 Å². The number of fused-ring (bicyclic) bond motifs is 3. The third-order valence-corrected chi connectivity index (χ3v) is 12.4. The van der Waals surface area contributed by atoms with Crippen LogP contribution >= 0.6 is 0 Å². The summed E-state index contributed by atoms with van der Waals surface area (Å²) in [5, 5.41) is 7.84. The Morgan fingerprint density at radius 1 is 1.10 bits per heavy atom. The number of benzene rings is 2. The molecule has 5 aliphatic rings. The van der Waals surface area contributed by atoms with Gasteiger partial charge in [-0.05, 0) is 86.2 Å². The van der Waals surface area contributed by atoms with E-state index in [2.05, 4.69) is 60.1 Å². The van der Waals surface area contributed by atoms with Crippen LogP contribution in [0.2, 0.25) is 0 Å². The largest absolute Gasteiger partial charge is 0.497 e.